The molecule has 0 aliphatic carbocycles. The number of phenols is 1. The molecule has 0 saturated carbocycles. The van der Waals surface area contributed by atoms with Crippen molar-refractivity contribution in [2.45, 2.75) is 13.5 Å². The molecule has 0 bridgehead atoms. The molecule has 8 nitrogen and oxygen atoms in total. The van der Waals surface area contributed by atoms with Crippen molar-refractivity contribution in [1.29, 1.82) is 5.26 Å². The van der Waals surface area contributed by atoms with Crippen molar-refractivity contribution in [2.75, 3.05) is 13.7 Å². The van der Waals surface area contributed by atoms with Gasteiger partial charge < -0.3 is 14.6 Å². The van der Waals surface area contributed by atoms with Gasteiger partial charge in [-0.05, 0) is 42.8 Å². The fourth-order valence-corrected chi connectivity index (χ4v) is 2.11. The average molecular weight is 354 g/mol. The van der Waals surface area contributed by atoms with Gasteiger partial charge in [0, 0.05) is 18.4 Å². The van der Waals surface area contributed by atoms with Crippen LogP contribution in [0.5, 0.6) is 11.6 Å². The Morgan fingerprint density at radius 2 is 2.15 bits per heavy atom. The predicted molar refractivity (Wildman–Crippen MR) is 93.7 cm³/mol. The third-order valence-corrected chi connectivity index (χ3v) is 3.24. The Morgan fingerprint density at radius 1 is 1.42 bits per heavy atom. The Kier molecular flexibility index (Phi) is 6.65. The Balaban J connectivity index is 1.96. The first kappa shape index (κ1) is 18.9. The summed E-state index contributed by atoms with van der Waals surface area (Å²) in [6.45, 7) is 1.66. The van der Waals surface area contributed by atoms with Gasteiger partial charge in [-0.25, -0.2) is 10.4 Å². The highest BCUT2D eigenvalue weighted by molar-refractivity contribution is 5.83. The minimum absolute atomic E-state index is 0.0808. The van der Waals surface area contributed by atoms with E-state index < -0.39 is 5.91 Å². The van der Waals surface area contributed by atoms with Crippen LogP contribution >= 0.6 is 0 Å². The first-order chi connectivity index (χ1) is 12.5. The number of amides is 1. The molecule has 1 amide bonds. The molecule has 0 aliphatic rings. The standard InChI is InChI=1S/C18H18N4O4/c1-12-7-14(10-25-2)16(8-19)18(21-12)26-11-17(24)22-20-9-13-3-5-15(23)6-4-13/h3-7,9,23H,10-11H2,1-2H3,(H,22,24). The molecular formula is C18H18N4O4. The molecule has 2 N–H and O–H groups in total. The first-order valence-corrected chi connectivity index (χ1v) is 7.66. The number of carbonyl (C=O) groups excluding carboxylic acids is 1. The lowest BCUT2D eigenvalue weighted by atomic mass is 10.1. The maximum atomic E-state index is 11.8. The van der Waals surface area contributed by atoms with E-state index in [0.717, 1.165) is 0 Å². The summed E-state index contributed by atoms with van der Waals surface area (Å²) in [4.78, 5) is 16.0. The molecule has 0 saturated heterocycles. The summed E-state index contributed by atoms with van der Waals surface area (Å²) in [6, 6.07) is 10.1. The number of aromatic nitrogens is 1. The highest BCUT2D eigenvalue weighted by Crippen LogP contribution is 2.21. The molecule has 26 heavy (non-hydrogen) atoms. The van der Waals surface area contributed by atoms with E-state index >= 15 is 0 Å². The molecule has 0 spiro atoms. The van der Waals surface area contributed by atoms with E-state index in [4.69, 9.17) is 9.47 Å². The summed E-state index contributed by atoms with van der Waals surface area (Å²) in [5, 5.41) is 22.3. The molecule has 134 valence electrons. The summed E-state index contributed by atoms with van der Waals surface area (Å²) in [5.74, 6) is -0.274. The number of aromatic hydroxyl groups is 1. The van der Waals surface area contributed by atoms with Crippen LogP contribution < -0.4 is 10.2 Å². The Labute approximate surface area is 150 Å². The maximum Gasteiger partial charge on any atom is 0.278 e. The number of pyridine rings is 1. The molecule has 8 heteroatoms. The minimum atomic E-state index is -0.500. The highest BCUT2D eigenvalue weighted by atomic mass is 16.5. The molecule has 0 aliphatic heterocycles. The largest absolute Gasteiger partial charge is 0.508 e. The number of benzene rings is 1. The zero-order chi connectivity index (χ0) is 18.9. The fourth-order valence-electron chi connectivity index (χ4n) is 2.11. The van der Waals surface area contributed by atoms with E-state index in [1.54, 1.807) is 25.1 Å². The molecule has 2 rings (SSSR count). The fraction of sp³-hybridized carbons (Fsp3) is 0.222. The zero-order valence-electron chi connectivity index (χ0n) is 14.4. The van der Waals surface area contributed by atoms with Crippen LogP contribution in [-0.2, 0) is 16.1 Å². The SMILES string of the molecule is COCc1cc(C)nc(OCC(=O)NN=Cc2ccc(O)cc2)c1C#N. The average Bonchev–Trinajstić information content (AvgIpc) is 2.62. The Hall–Kier alpha value is -3.44. The Bertz CT molecular complexity index is 842. The summed E-state index contributed by atoms with van der Waals surface area (Å²) in [7, 11) is 1.52. The second kappa shape index (κ2) is 9.15. The van der Waals surface area contributed by atoms with Gasteiger partial charge in [-0.1, -0.05) is 0 Å². The van der Waals surface area contributed by atoms with Crippen molar-refractivity contribution >= 4 is 12.1 Å². The number of aryl methyl sites for hydroxylation is 1. The van der Waals surface area contributed by atoms with E-state index in [9.17, 15) is 15.2 Å². The van der Waals surface area contributed by atoms with Crippen LogP contribution in [0, 0.1) is 18.3 Å². The van der Waals surface area contributed by atoms with E-state index in [0.29, 0.717) is 16.8 Å². The van der Waals surface area contributed by atoms with E-state index in [1.807, 2.05) is 6.07 Å². The normalized spacial score (nSPS) is 10.5. The quantitative estimate of drug-likeness (QED) is 0.577. The number of hydrazone groups is 1. The van der Waals surface area contributed by atoms with E-state index in [2.05, 4.69) is 15.5 Å². The van der Waals surface area contributed by atoms with Crippen LogP contribution in [0.1, 0.15) is 22.4 Å². The second-order valence-corrected chi connectivity index (χ2v) is 5.32. The van der Waals surface area contributed by atoms with Crippen LogP contribution in [0.25, 0.3) is 0 Å². The maximum absolute atomic E-state index is 11.8. The number of methoxy groups -OCH3 is 1. The molecule has 1 aromatic heterocycles. The number of nitrogens with one attached hydrogen (secondary N) is 1. The van der Waals surface area contributed by atoms with Gasteiger partial charge >= 0.3 is 0 Å². The number of hydrogen-bond donors (Lipinski definition) is 2. The Morgan fingerprint density at radius 3 is 2.81 bits per heavy atom. The lowest BCUT2D eigenvalue weighted by Crippen LogP contribution is -2.25. The summed E-state index contributed by atoms with van der Waals surface area (Å²) >= 11 is 0. The lowest BCUT2D eigenvalue weighted by molar-refractivity contribution is -0.123. The van der Waals surface area contributed by atoms with Crippen molar-refractivity contribution in [3.05, 3.63) is 52.7 Å². The number of nitrogens with zero attached hydrogens (tertiary/aromatic N) is 3. The van der Waals surface area contributed by atoms with Crippen LogP contribution in [0.4, 0.5) is 0 Å². The molecule has 1 aromatic carbocycles. The van der Waals surface area contributed by atoms with Crippen molar-refractivity contribution in [3.63, 3.8) is 0 Å². The van der Waals surface area contributed by atoms with Crippen molar-refractivity contribution in [3.8, 4) is 17.7 Å². The number of phenolic OH excluding ortho intramolecular Hbond substituents is 1. The van der Waals surface area contributed by atoms with Crippen molar-refractivity contribution < 1.29 is 19.4 Å². The molecule has 0 radical (unpaired) electrons. The zero-order valence-corrected chi connectivity index (χ0v) is 14.4. The third kappa shape index (κ3) is 5.29. The number of carbonyl (C=O) groups is 1. The van der Waals surface area contributed by atoms with Gasteiger partial charge in [-0.15, -0.1) is 0 Å². The van der Waals surface area contributed by atoms with Gasteiger partial charge in [-0.2, -0.15) is 10.4 Å². The van der Waals surface area contributed by atoms with Gasteiger partial charge in [0.15, 0.2) is 6.61 Å². The van der Waals surface area contributed by atoms with Gasteiger partial charge in [-0.3, -0.25) is 4.79 Å². The number of ether oxygens (including phenoxy) is 2. The van der Waals surface area contributed by atoms with Crippen LogP contribution in [-0.4, -0.2) is 35.9 Å². The van der Waals surface area contributed by atoms with Crippen LogP contribution in [0.15, 0.2) is 35.4 Å². The molecular weight excluding hydrogens is 336 g/mol. The summed E-state index contributed by atoms with van der Waals surface area (Å²) in [5.41, 5.74) is 4.55. The van der Waals surface area contributed by atoms with Gasteiger partial charge in [0.1, 0.15) is 17.4 Å². The summed E-state index contributed by atoms with van der Waals surface area (Å²) in [6.07, 6.45) is 1.43. The van der Waals surface area contributed by atoms with E-state index in [-0.39, 0.29) is 30.4 Å². The van der Waals surface area contributed by atoms with Gasteiger partial charge in [0.25, 0.3) is 5.91 Å². The topological polar surface area (TPSA) is 117 Å². The molecule has 0 unspecified atom stereocenters. The minimum Gasteiger partial charge on any atom is -0.508 e. The predicted octanol–water partition coefficient (Wildman–Crippen LogP) is 1.64. The smallest absolute Gasteiger partial charge is 0.278 e. The van der Waals surface area contributed by atoms with Crippen LogP contribution in [0.3, 0.4) is 0 Å². The monoisotopic (exact) mass is 354 g/mol. The molecule has 2 aromatic rings. The lowest BCUT2D eigenvalue weighted by Gasteiger charge is -2.10. The number of nitriles is 1. The highest BCUT2D eigenvalue weighted by Gasteiger charge is 2.14. The summed E-state index contributed by atoms with van der Waals surface area (Å²) < 4.78 is 10.4. The second-order valence-electron chi connectivity index (χ2n) is 5.32. The first-order valence-electron chi connectivity index (χ1n) is 7.66. The van der Waals surface area contributed by atoms with Crippen molar-refractivity contribution in [2.24, 2.45) is 5.10 Å². The van der Waals surface area contributed by atoms with Gasteiger partial charge in [0.05, 0.1) is 12.8 Å². The number of rotatable bonds is 7. The molecule has 0 atom stereocenters. The van der Waals surface area contributed by atoms with Gasteiger partial charge in [0.2, 0.25) is 5.88 Å². The van der Waals surface area contributed by atoms with E-state index in [1.165, 1.54) is 25.5 Å². The van der Waals surface area contributed by atoms with Crippen LogP contribution in [0.2, 0.25) is 0 Å². The third-order valence-electron chi connectivity index (χ3n) is 3.24. The molecule has 1 heterocycles. The number of hydrogen-bond acceptors (Lipinski definition) is 7. The van der Waals surface area contributed by atoms with Crippen molar-refractivity contribution in [1.82, 2.24) is 10.4 Å². The molecule has 0 fully saturated rings.